The van der Waals surface area contributed by atoms with E-state index >= 15 is 0 Å². The zero-order chi connectivity index (χ0) is 14.3. The minimum Gasteiger partial charge on any atom is -0.326 e. The van der Waals surface area contributed by atoms with Gasteiger partial charge in [0, 0.05) is 6.54 Å². The van der Waals surface area contributed by atoms with Crippen LogP contribution in [0.4, 0.5) is 18.9 Å². The molecule has 0 aromatic heterocycles. The molecule has 4 nitrogen and oxygen atoms in total. The molecule has 0 aliphatic heterocycles. The number of nitrogens with two attached hydrogens (primary N) is 1. The van der Waals surface area contributed by atoms with Crippen molar-refractivity contribution in [2.24, 2.45) is 5.73 Å². The topological polar surface area (TPSA) is 72.2 Å². The van der Waals surface area contributed by atoms with Gasteiger partial charge in [0.05, 0.1) is 16.5 Å². The summed E-state index contributed by atoms with van der Waals surface area (Å²) in [6.07, 6.45) is -3.32. The van der Waals surface area contributed by atoms with Crippen molar-refractivity contribution in [1.29, 1.82) is 0 Å². The third-order valence-electron chi connectivity index (χ3n) is 2.87. The van der Waals surface area contributed by atoms with E-state index in [2.05, 4.69) is 4.72 Å². The Morgan fingerprint density at radius 2 is 1.95 bits per heavy atom. The van der Waals surface area contributed by atoms with Gasteiger partial charge < -0.3 is 5.73 Å². The third-order valence-corrected chi connectivity index (χ3v) is 4.72. The smallest absolute Gasteiger partial charge is 0.326 e. The molecule has 0 atom stereocenters. The van der Waals surface area contributed by atoms with Gasteiger partial charge in [0.15, 0.2) is 0 Å². The number of anilines is 1. The van der Waals surface area contributed by atoms with Gasteiger partial charge in [0.1, 0.15) is 0 Å². The molecule has 1 fully saturated rings. The van der Waals surface area contributed by atoms with Crippen LogP contribution in [0.1, 0.15) is 24.0 Å². The van der Waals surface area contributed by atoms with Gasteiger partial charge in [-0.2, -0.15) is 13.2 Å². The van der Waals surface area contributed by atoms with Crippen molar-refractivity contribution in [1.82, 2.24) is 0 Å². The maximum Gasteiger partial charge on any atom is 0.416 e. The largest absolute Gasteiger partial charge is 0.416 e. The van der Waals surface area contributed by atoms with Crippen LogP contribution in [-0.4, -0.2) is 13.7 Å². The third kappa shape index (κ3) is 3.19. The van der Waals surface area contributed by atoms with Gasteiger partial charge >= 0.3 is 6.18 Å². The first-order chi connectivity index (χ1) is 8.74. The van der Waals surface area contributed by atoms with E-state index in [-0.39, 0.29) is 17.8 Å². The van der Waals surface area contributed by atoms with Crippen LogP contribution in [0.15, 0.2) is 18.2 Å². The number of hydrogen-bond donors (Lipinski definition) is 2. The van der Waals surface area contributed by atoms with Crippen molar-refractivity contribution < 1.29 is 21.6 Å². The highest BCUT2D eigenvalue weighted by Gasteiger charge is 2.36. The van der Waals surface area contributed by atoms with Gasteiger partial charge in [0.25, 0.3) is 0 Å². The van der Waals surface area contributed by atoms with Crippen molar-refractivity contribution in [2.75, 3.05) is 4.72 Å². The van der Waals surface area contributed by atoms with E-state index in [1.54, 1.807) is 0 Å². The van der Waals surface area contributed by atoms with Gasteiger partial charge in [-0.3, -0.25) is 4.72 Å². The van der Waals surface area contributed by atoms with Crippen molar-refractivity contribution in [3.05, 3.63) is 29.3 Å². The first kappa shape index (κ1) is 14.1. The average molecular weight is 294 g/mol. The Balaban J connectivity index is 2.31. The van der Waals surface area contributed by atoms with Gasteiger partial charge in [-0.05, 0) is 36.6 Å². The Morgan fingerprint density at radius 3 is 2.42 bits per heavy atom. The van der Waals surface area contributed by atoms with Crippen molar-refractivity contribution in [3.63, 3.8) is 0 Å². The number of nitrogens with one attached hydrogen (secondary N) is 1. The maximum atomic E-state index is 12.5. The van der Waals surface area contributed by atoms with E-state index in [4.69, 9.17) is 5.73 Å². The molecule has 1 aromatic carbocycles. The second-order valence-corrected chi connectivity index (χ2v) is 6.38. The van der Waals surface area contributed by atoms with Gasteiger partial charge in [-0.1, -0.05) is 0 Å². The average Bonchev–Trinajstić information content (AvgIpc) is 3.11. The highest BCUT2D eigenvalue weighted by molar-refractivity contribution is 7.93. The Hall–Kier alpha value is -1.28. The van der Waals surface area contributed by atoms with E-state index in [0.717, 1.165) is 18.2 Å². The standard InChI is InChI=1S/C11H13F3N2O2S/c12-11(13,14)8-1-4-10(7(5-8)6-15)16-19(17,18)9-2-3-9/h1,4-5,9,16H,2-3,6,15H2. The summed E-state index contributed by atoms with van der Waals surface area (Å²) < 4.78 is 63.4. The monoisotopic (exact) mass is 294 g/mol. The highest BCUT2D eigenvalue weighted by atomic mass is 32.2. The van der Waals surface area contributed by atoms with Gasteiger partial charge in [-0.15, -0.1) is 0 Å². The lowest BCUT2D eigenvalue weighted by molar-refractivity contribution is -0.137. The fraction of sp³-hybridized carbons (Fsp3) is 0.455. The summed E-state index contributed by atoms with van der Waals surface area (Å²) >= 11 is 0. The minimum atomic E-state index is -4.47. The Bertz CT molecular complexity index is 580. The molecule has 1 aliphatic carbocycles. The van der Waals surface area contributed by atoms with Crippen LogP contribution in [0.25, 0.3) is 0 Å². The van der Waals surface area contributed by atoms with Crippen LogP contribution in [-0.2, 0) is 22.7 Å². The van der Waals surface area contributed by atoms with Crippen molar-refractivity contribution >= 4 is 15.7 Å². The van der Waals surface area contributed by atoms with Gasteiger partial charge in [0.2, 0.25) is 10.0 Å². The zero-order valence-electron chi connectivity index (χ0n) is 9.87. The summed E-state index contributed by atoms with van der Waals surface area (Å²) in [5.41, 5.74) is 4.76. The number of alkyl halides is 3. The second-order valence-electron chi connectivity index (χ2n) is 4.42. The molecule has 0 bridgehead atoms. The summed E-state index contributed by atoms with van der Waals surface area (Å²) in [6, 6.07) is 2.81. The fourth-order valence-electron chi connectivity index (χ4n) is 1.65. The molecule has 0 amide bonds. The lowest BCUT2D eigenvalue weighted by Gasteiger charge is -2.14. The summed E-state index contributed by atoms with van der Waals surface area (Å²) in [5.74, 6) is 0. The molecule has 1 saturated carbocycles. The molecule has 0 radical (unpaired) electrons. The Labute approximate surface area is 108 Å². The second kappa shape index (κ2) is 4.68. The van der Waals surface area contributed by atoms with E-state index in [0.29, 0.717) is 12.8 Å². The van der Waals surface area contributed by atoms with E-state index in [1.807, 2.05) is 0 Å². The number of hydrogen-bond acceptors (Lipinski definition) is 3. The number of sulfonamides is 1. The summed E-state index contributed by atoms with van der Waals surface area (Å²) in [7, 11) is -3.51. The molecule has 1 aromatic rings. The highest BCUT2D eigenvalue weighted by Crippen LogP contribution is 2.34. The van der Waals surface area contributed by atoms with Crippen LogP contribution in [0.2, 0.25) is 0 Å². The number of benzene rings is 1. The van der Waals surface area contributed by atoms with E-state index in [9.17, 15) is 21.6 Å². The molecule has 106 valence electrons. The molecule has 19 heavy (non-hydrogen) atoms. The lowest BCUT2D eigenvalue weighted by atomic mass is 10.1. The van der Waals surface area contributed by atoms with Crippen LogP contribution in [0.5, 0.6) is 0 Å². The fourth-order valence-corrected chi connectivity index (χ4v) is 3.08. The zero-order valence-corrected chi connectivity index (χ0v) is 10.7. The predicted molar refractivity (Wildman–Crippen MR) is 64.9 cm³/mol. The van der Waals surface area contributed by atoms with Gasteiger partial charge in [-0.25, -0.2) is 8.42 Å². The molecule has 3 N–H and O–H groups in total. The maximum absolute atomic E-state index is 12.5. The number of halogens is 3. The molecule has 0 heterocycles. The van der Waals surface area contributed by atoms with E-state index < -0.39 is 27.0 Å². The first-order valence-corrected chi connectivity index (χ1v) is 7.20. The first-order valence-electron chi connectivity index (χ1n) is 5.66. The summed E-state index contributed by atoms with van der Waals surface area (Å²) in [4.78, 5) is 0. The molecule has 8 heteroatoms. The van der Waals surface area contributed by atoms with Crippen molar-refractivity contribution in [2.45, 2.75) is 30.8 Å². The quantitative estimate of drug-likeness (QED) is 0.893. The van der Waals surface area contributed by atoms with E-state index in [1.165, 1.54) is 0 Å². The Kier molecular flexibility index (Phi) is 3.48. The van der Waals surface area contributed by atoms with Crippen LogP contribution >= 0.6 is 0 Å². The molecular formula is C11H13F3N2O2S. The minimum absolute atomic E-state index is 0.113. The number of rotatable bonds is 4. The molecule has 1 aliphatic rings. The SMILES string of the molecule is NCc1cc(C(F)(F)F)ccc1NS(=O)(=O)C1CC1. The van der Waals surface area contributed by atoms with Crippen LogP contribution < -0.4 is 10.5 Å². The lowest BCUT2D eigenvalue weighted by Crippen LogP contribution is -2.19. The molecule has 2 rings (SSSR count). The molecular weight excluding hydrogens is 281 g/mol. The normalized spacial score (nSPS) is 16.4. The molecule has 0 unspecified atom stereocenters. The summed E-state index contributed by atoms with van der Waals surface area (Å²) in [6.45, 7) is -0.174. The Morgan fingerprint density at radius 1 is 1.32 bits per heavy atom. The van der Waals surface area contributed by atoms with Crippen LogP contribution in [0, 0.1) is 0 Å². The predicted octanol–water partition coefficient (Wildman–Crippen LogP) is 2.07. The van der Waals surface area contributed by atoms with Crippen molar-refractivity contribution in [3.8, 4) is 0 Å². The summed E-state index contributed by atoms with van der Waals surface area (Å²) in [5, 5.41) is -0.444. The molecule has 0 saturated heterocycles. The molecule has 0 spiro atoms. The van der Waals surface area contributed by atoms with Crippen LogP contribution in [0.3, 0.4) is 0 Å².